The van der Waals surface area contributed by atoms with Crippen LogP contribution in [0.1, 0.15) is 19.5 Å². The molecular weight excluding hydrogens is 180 g/mol. The van der Waals surface area contributed by atoms with Crippen LogP contribution in [0.15, 0.2) is 18.3 Å². The highest BCUT2D eigenvalue weighted by Crippen LogP contribution is 2.13. The molecule has 0 amide bonds. The van der Waals surface area contributed by atoms with Gasteiger partial charge in [-0.25, -0.2) is 0 Å². The number of hydrogen-bond acceptors (Lipinski definition) is 3. The smallest absolute Gasteiger partial charge is 0.0523 e. The van der Waals surface area contributed by atoms with Crippen molar-refractivity contribution in [3.63, 3.8) is 0 Å². The van der Waals surface area contributed by atoms with Crippen LogP contribution in [-0.4, -0.2) is 17.3 Å². The fraction of sp³-hybridized carbons (Fsp3) is 0.500. The molecule has 0 saturated heterocycles. The Labute approximate surface area is 84.1 Å². The fourth-order valence-electron chi connectivity index (χ4n) is 1.08. The Morgan fingerprint density at radius 3 is 3.00 bits per heavy atom. The molecule has 72 valence electrons. The predicted octanol–water partition coefficient (Wildman–Crippen LogP) is 2.77. The van der Waals surface area contributed by atoms with Crippen LogP contribution < -0.4 is 5.32 Å². The van der Waals surface area contributed by atoms with Crippen LogP contribution in [0.25, 0.3) is 0 Å². The van der Waals surface area contributed by atoms with E-state index >= 15 is 0 Å². The molecule has 1 aromatic heterocycles. The molecule has 3 heteroatoms. The molecule has 0 unspecified atom stereocenters. The molecule has 0 fully saturated rings. The van der Waals surface area contributed by atoms with E-state index in [0.29, 0.717) is 0 Å². The summed E-state index contributed by atoms with van der Waals surface area (Å²) in [5.41, 5.74) is 2.33. The van der Waals surface area contributed by atoms with Gasteiger partial charge in [0.05, 0.1) is 5.69 Å². The summed E-state index contributed by atoms with van der Waals surface area (Å²) in [5, 5.41) is 3.28. The third-order valence-corrected chi connectivity index (χ3v) is 2.56. The van der Waals surface area contributed by atoms with Gasteiger partial charge in [0, 0.05) is 24.2 Å². The Bertz CT molecular complexity index is 250. The minimum absolute atomic E-state index is 0.963. The number of aromatic nitrogens is 1. The van der Waals surface area contributed by atoms with Crippen molar-refractivity contribution >= 4 is 17.4 Å². The second-order valence-electron chi connectivity index (χ2n) is 2.70. The van der Waals surface area contributed by atoms with Gasteiger partial charge in [0.1, 0.15) is 0 Å². The van der Waals surface area contributed by atoms with Crippen LogP contribution in [0.4, 0.5) is 5.69 Å². The molecule has 13 heavy (non-hydrogen) atoms. The summed E-state index contributed by atoms with van der Waals surface area (Å²) in [6, 6.07) is 4.12. The van der Waals surface area contributed by atoms with Gasteiger partial charge in [0.15, 0.2) is 0 Å². The normalized spacial score (nSPS) is 10.0. The second kappa shape index (κ2) is 5.86. The van der Waals surface area contributed by atoms with E-state index in [4.69, 9.17) is 0 Å². The van der Waals surface area contributed by atoms with Crippen LogP contribution >= 0.6 is 11.8 Å². The van der Waals surface area contributed by atoms with E-state index in [9.17, 15) is 0 Å². The van der Waals surface area contributed by atoms with E-state index in [1.165, 1.54) is 5.69 Å². The monoisotopic (exact) mass is 196 g/mol. The molecule has 0 saturated carbocycles. The van der Waals surface area contributed by atoms with E-state index in [0.717, 1.165) is 23.7 Å². The molecule has 0 aliphatic carbocycles. The topological polar surface area (TPSA) is 24.9 Å². The molecular formula is C10H16N2S. The van der Waals surface area contributed by atoms with Crippen LogP contribution in [0.2, 0.25) is 0 Å². The SMILES string of the molecule is CCNc1ccnc(CSCC)c1. The first-order chi connectivity index (χ1) is 6.36. The summed E-state index contributed by atoms with van der Waals surface area (Å²) in [6.45, 7) is 5.23. The number of nitrogens with zero attached hydrogens (tertiary/aromatic N) is 1. The van der Waals surface area contributed by atoms with Crippen LogP contribution in [-0.2, 0) is 5.75 Å². The highest BCUT2D eigenvalue weighted by Gasteiger charge is 1.95. The molecule has 0 aliphatic rings. The van der Waals surface area contributed by atoms with Crippen molar-refractivity contribution < 1.29 is 0 Å². The van der Waals surface area contributed by atoms with Crippen LogP contribution in [0.5, 0.6) is 0 Å². The van der Waals surface area contributed by atoms with Crippen molar-refractivity contribution in [2.75, 3.05) is 17.6 Å². The first-order valence-electron chi connectivity index (χ1n) is 4.63. The van der Waals surface area contributed by atoms with Gasteiger partial charge in [-0.2, -0.15) is 11.8 Å². The number of thioether (sulfide) groups is 1. The first-order valence-corrected chi connectivity index (χ1v) is 5.78. The van der Waals surface area contributed by atoms with Gasteiger partial charge < -0.3 is 5.32 Å². The molecule has 0 atom stereocenters. The summed E-state index contributed by atoms with van der Waals surface area (Å²) in [7, 11) is 0. The first kappa shape index (κ1) is 10.4. The van der Waals surface area contributed by atoms with E-state index in [2.05, 4.69) is 30.2 Å². The zero-order chi connectivity index (χ0) is 9.52. The van der Waals surface area contributed by atoms with Crippen LogP contribution in [0, 0.1) is 0 Å². The summed E-state index contributed by atoms with van der Waals surface area (Å²) in [6.07, 6.45) is 1.86. The maximum absolute atomic E-state index is 4.30. The van der Waals surface area contributed by atoms with Crippen molar-refractivity contribution in [3.8, 4) is 0 Å². The highest BCUT2D eigenvalue weighted by atomic mass is 32.2. The molecule has 0 aromatic carbocycles. The van der Waals surface area contributed by atoms with Crippen LogP contribution in [0.3, 0.4) is 0 Å². The summed E-state index contributed by atoms with van der Waals surface area (Å²) >= 11 is 1.90. The molecule has 0 spiro atoms. The van der Waals surface area contributed by atoms with Gasteiger partial charge in [-0.05, 0) is 24.8 Å². The van der Waals surface area contributed by atoms with Gasteiger partial charge >= 0.3 is 0 Å². The van der Waals surface area contributed by atoms with E-state index in [1.807, 2.05) is 24.0 Å². The molecule has 1 heterocycles. The van der Waals surface area contributed by atoms with Gasteiger partial charge in [0.25, 0.3) is 0 Å². The van der Waals surface area contributed by atoms with Crippen molar-refractivity contribution in [2.24, 2.45) is 0 Å². The lowest BCUT2D eigenvalue weighted by molar-refractivity contribution is 1.15. The Morgan fingerprint density at radius 2 is 2.31 bits per heavy atom. The Hall–Kier alpha value is -0.700. The third-order valence-electron chi connectivity index (χ3n) is 1.65. The Kier molecular flexibility index (Phi) is 4.68. The largest absolute Gasteiger partial charge is 0.385 e. The standard InChI is InChI=1S/C10H16N2S/c1-3-11-9-5-6-12-10(7-9)8-13-4-2/h5-7H,3-4,8H2,1-2H3,(H,11,12). The summed E-state index contributed by atoms with van der Waals surface area (Å²) in [4.78, 5) is 4.30. The molecule has 0 bridgehead atoms. The highest BCUT2D eigenvalue weighted by molar-refractivity contribution is 7.98. The lowest BCUT2D eigenvalue weighted by Gasteiger charge is -2.04. The lowest BCUT2D eigenvalue weighted by Crippen LogP contribution is -1.97. The van der Waals surface area contributed by atoms with Crippen molar-refractivity contribution in [2.45, 2.75) is 19.6 Å². The molecule has 1 N–H and O–H groups in total. The third kappa shape index (κ3) is 3.68. The Balaban J connectivity index is 2.56. The lowest BCUT2D eigenvalue weighted by atomic mass is 10.3. The number of hydrogen-bond donors (Lipinski definition) is 1. The maximum Gasteiger partial charge on any atom is 0.0523 e. The Morgan fingerprint density at radius 1 is 1.46 bits per heavy atom. The predicted molar refractivity (Wildman–Crippen MR) is 60.2 cm³/mol. The van der Waals surface area contributed by atoms with Crippen molar-refractivity contribution in [1.29, 1.82) is 0 Å². The number of pyridine rings is 1. The number of rotatable bonds is 5. The van der Waals surface area contributed by atoms with Gasteiger partial charge in [0.2, 0.25) is 0 Å². The zero-order valence-electron chi connectivity index (χ0n) is 8.21. The molecule has 0 aliphatic heterocycles. The second-order valence-corrected chi connectivity index (χ2v) is 3.98. The molecule has 1 aromatic rings. The van der Waals surface area contributed by atoms with Gasteiger partial charge in [-0.1, -0.05) is 6.92 Å². The minimum Gasteiger partial charge on any atom is -0.385 e. The summed E-state index contributed by atoms with van der Waals surface area (Å²) < 4.78 is 0. The van der Waals surface area contributed by atoms with E-state index < -0.39 is 0 Å². The quantitative estimate of drug-likeness (QED) is 0.784. The zero-order valence-corrected chi connectivity index (χ0v) is 9.03. The minimum atomic E-state index is 0.963. The molecule has 1 rings (SSSR count). The number of nitrogens with one attached hydrogen (secondary N) is 1. The van der Waals surface area contributed by atoms with Gasteiger partial charge in [-0.15, -0.1) is 0 Å². The summed E-state index contributed by atoms with van der Waals surface area (Å²) in [5.74, 6) is 2.16. The van der Waals surface area contributed by atoms with Gasteiger partial charge in [-0.3, -0.25) is 4.98 Å². The average molecular weight is 196 g/mol. The van der Waals surface area contributed by atoms with E-state index in [1.54, 1.807) is 0 Å². The molecule has 0 radical (unpaired) electrons. The number of anilines is 1. The fourth-order valence-corrected chi connectivity index (χ4v) is 1.65. The van der Waals surface area contributed by atoms with E-state index in [-0.39, 0.29) is 0 Å². The van der Waals surface area contributed by atoms with Crippen molar-refractivity contribution in [3.05, 3.63) is 24.0 Å². The maximum atomic E-state index is 4.30. The average Bonchev–Trinajstić information content (AvgIpc) is 2.16. The molecule has 2 nitrogen and oxygen atoms in total. The van der Waals surface area contributed by atoms with Crippen molar-refractivity contribution in [1.82, 2.24) is 4.98 Å².